The number of carbonyl (C=O) groups is 2. The molecule has 0 bridgehead atoms. The molecular weight excluding hydrogens is 408 g/mol. The summed E-state index contributed by atoms with van der Waals surface area (Å²) >= 11 is 3.03. The fourth-order valence-corrected chi connectivity index (χ4v) is 3.89. The number of hydrogen-bond donors (Lipinski definition) is 0. The number of carbonyl (C=O) groups excluding carboxylic acids is 2. The first-order chi connectivity index (χ1) is 14.2. The van der Waals surface area contributed by atoms with Gasteiger partial charge in [0, 0.05) is 30.0 Å². The topological polar surface area (TPSA) is 78.4 Å². The Labute approximate surface area is 177 Å². The van der Waals surface area contributed by atoms with Crippen LogP contribution in [0.4, 0.5) is 0 Å². The van der Waals surface area contributed by atoms with Crippen LogP contribution in [0.2, 0.25) is 0 Å². The van der Waals surface area contributed by atoms with E-state index in [1.807, 2.05) is 35.0 Å². The molecule has 0 N–H and O–H groups in total. The number of aryl methyl sites for hydroxylation is 2. The zero-order valence-corrected chi connectivity index (χ0v) is 17.5. The van der Waals surface area contributed by atoms with Gasteiger partial charge in [0.05, 0.1) is 41.9 Å². The number of nitrogens with zero attached hydrogens (tertiary/aromatic N) is 2. The molecule has 0 radical (unpaired) electrons. The molecule has 3 aromatic rings. The first kappa shape index (κ1) is 21.1. The van der Waals surface area contributed by atoms with Gasteiger partial charge < -0.3 is 9.47 Å². The normalized spacial score (nSPS) is 10.6. The van der Waals surface area contributed by atoms with E-state index < -0.39 is 0 Å². The minimum Gasteiger partial charge on any atom is -0.465 e. The Morgan fingerprint density at radius 2 is 1.38 bits per heavy atom. The van der Waals surface area contributed by atoms with Gasteiger partial charge in [-0.05, 0) is 11.1 Å². The third kappa shape index (κ3) is 7.40. The van der Waals surface area contributed by atoms with E-state index in [2.05, 4.69) is 9.97 Å². The minimum absolute atomic E-state index is 0.212. The molecule has 152 valence electrons. The van der Waals surface area contributed by atoms with Gasteiger partial charge in [-0.25, -0.2) is 9.97 Å². The summed E-state index contributed by atoms with van der Waals surface area (Å²) in [6.07, 6.45) is 2.38. The summed E-state index contributed by atoms with van der Waals surface area (Å²) in [6, 6.07) is 7.71. The van der Waals surface area contributed by atoms with Gasteiger partial charge in [-0.3, -0.25) is 9.59 Å². The number of aromatic nitrogens is 2. The lowest BCUT2D eigenvalue weighted by Crippen LogP contribution is -2.11. The lowest BCUT2D eigenvalue weighted by atomic mass is 10.1. The smallest absolute Gasteiger partial charge is 0.306 e. The van der Waals surface area contributed by atoms with E-state index in [0.717, 1.165) is 22.5 Å². The molecule has 0 aliphatic rings. The van der Waals surface area contributed by atoms with Crippen LogP contribution in [0.1, 0.15) is 35.4 Å². The van der Waals surface area contributed by atoms with Crippen LogP contribution in [0.15, 0.2) is 46.0 Å². The molecule has 0 saturated carbocycles. The van der Waals surface area contributed by atoms with Crippen molar-refractivity contribution in [3.05, 3.63) is 68.6 Å². The van der Waals surface area contributed by atoms with Gasteiger partial charge in [0.15, 0.2) is 0 Å². The van der Waals surface area contributed by atoms with Gasteiger partial charge in [0.25, 0.3) is 0 Å². The largest absolute Gasteiger partial charge is 0.465 e. The molecule has 29 heavy (non-hydrogen) atoms. The minimum atomic E-state index is -0.249. The van der Waals surface area contributed by atoms with Crippen LogP contribution in [0.3, 0.4) is 0 Å². The fraction of sp³-hybridized carbons (Fsp3) is 0.333. The zero-order valence-electron chi connectivity index (χ0n) is 15.9. The van der Waals surface area contributed by atoms with Gasteiger partial charge in [-0.2, -0.15) is 0 Å². The Morgan fingerprint density at radius 1 is 0.793 bits per heavy atom. The van der Waals surface area contributed by atoms with E-state index in [0.29, 0.717) is 38.7 Å². The zero-order chi connectivity index (χ0) is 20.3. The van der Waals surface area contributed by atoms with Crippen molar-refractivity contribution >= 4 is 34.6 Å². The molecule has 0 spiro atoms. The molecule has 0 atom stereocenters. The van der Waals surface area contributed by atoms with Gasteiger partial charge in [-0.1, -0.05) is 24.3 Å². The molecule has 2 aromatic heterocycles. The van der Waals surface area contributed by atoms with Gasteiger partial charge in [0.2, 0.25) is 0 Å². The van der Waals surface area contributed by atoms with Crippen LogP contribution in [0.5, 0.6) is 0 Å². The number of benzene rings is 1. The number of hydrogen-bond acceptors (Lipinski definition) is 8. The van der Waals surface area contributed by atoms with Crippen LogP contribution < -0.4 is 0 Å². The summed E-state index contributed by atoms with van der Waals surface area (Å²) in [6.45, 7) is 0.508. The summed E-state index contributed by atoms with van der Waals surface area (Å²) < 4.78 is 10.7. The average Bonchev–Trinajstić information content (AvgIpc) is 3.44. The van der Waals surface area contributed by atoms with Crippen LogP contribution in [0, 0.1) is 0 Å². The highest BCUT2D eigenvalue weighted by atomic mass is 32.1. The SMILES string of the molecule is O=C(CCc1cscn1)OCCc1ccccc1COC(=O)CCc1cscn1. The number of ether oxygens (including phenoxy) is 2. The number of esters is 2. The molecular formula is C21H22N2O4S2. The fourth-order valence-electron chi connectivity index (χ4n) is 2.70. The molecule has 1 aromatic carbocycles. The highest BCUT2D eigenvalue weighted by Crippen LogP contribution is 2.13. The Kier molecular flexibility index (Phi) is 8.33. The highest BCUT2D eigenvalue weighted by Gasteiger charge is 2.09. The van der Waals surface area contributed by atoms with Crippen molar-refractivity contribution < 1.29 is 19.1 Å². The highest BCUT2D eigenvalue weighted by molar-refractivity contribution is 7.07. The van der Waals surface area contributed by atoms with Crippen LogP contribution in [-0.2, 0) is 44.9 Å². The Morgan fingerprint density at radius 3 is 1.97 bits per heavy atom. The van der Waals surface area contributed by atoms with Gasteiger partial charge in [0.1, 0.15) is 6.61 Å². The Hall–Kier alpha value is -2.58. The molecule has 3 rings (SSSR count). The monoisotopic (exact) mass is 430 g/mol. The van der Waals surface area contributed by atoms with Crippen LogP contribution >= 0.6 is 22.7 Å². The summed E-state index contributed by atoms with van der Waals surface area (Å²) in [5.74, 6) is -0.481. The van der Waals surface area contributed by atoms with E-state index in [4.69, 9.17) is 9.47 Å². The van der Waals surface area contributed by atoms with Crippen molar-refractivity contribution in [2.24, 2.45) is 0 Å². The van der Waals surface area contributed by atoms with Crippen molar-refractivity contribution in [2.75, 3.05) is 6.61 Å². The van der Waals surface area contributed by atoms with Crippen LogP contribution in [-0.4, -0.2) is 28.5 Å². The lowest BCUT2D eigenvalue weighted by molar-refractivity contribution is -0.145. The quantitative estimate of drug-likeness (QED) is 0.428. The summed E-state index contributed by atoms with van der Waals surface area (Å²) in [4.78, 5) is 32.2. The Balaban J connectivity index is 1.38. The predicted molar refractivity (Wildman–Crippen MR) is 112 cm³/mol. The second-order valence-corrected chi connectivity index (χ2v) is 7.80. The number of rotatable bonds is 11. The molecule has 0 aliphatic heterocycles. The summed E-state index contributed by atoms with van der Waals surface area (Å²) in [5, 5.41) is 3.86. The van der Waals surface area contributed by atoms with Crippen molar-refractivity contribution in [2.45, 2.75) is 38.7 Å². The van der Waals surface area contributed by atoms with Crippen molar-refractivity contribution in [3.8, 4) is 0 Å². The molecule has 6 nitrogen and oxygen atoms in total. The molecule has 0 aliphatic carbocycles. The molecule has 8 heteroatoms. The van der Waals surface area contributed by atoms with E-state index in [1.54, 1.807) is 11.0 Å². The van der Waals surface area contributed by atoms with E-state index in [1.165, 1.54) is 22.7 Å². The van der Waals surface area contributed by atoms with E-state index in [9.17, 15) is 9.59 Å². The van der Waals surface area contributed by atoms with Crippen molar-refractivity contribution in [3.63, 3.8) is 0 Å². The lowest BCUT2D eigenvalue weighted by Gasteiger charge is -2.11. The Bertz CT molecular complexity index is 895. The standard InChI is InChI=1S/C21H22N2O4S2/c24-20(7-5-18-12-28-14-22-18)26-10-9-16-3-1-2-4-17(16)11-27-21(25)8-6-19-13-29-15-23-19/h1-4,12-15H,5-11H2. The average molecular weight is 431 g/mol. The van der Waals surface area contributed by atoms with Crippen molar-refractivity contribution in [1.29, 1.82) is 0 Å². The first-order valence-electron chi connectivity index (χ1n) is 9.33. The predicted octanol–water partition coefficient (Wildman–Crippen LogP) is 3.99. The second kappa shape index (κ2) is 11.4. The molecule has 0 amide bonds. The second-order valence-electron chi connectivity index (χ2n) is 6.36. The van der Waals surface area contributed by atoms with Gasteiger partial charge >= 0.3 is 11.9 Å². The van der Waals surface area contributed by atoms with E-state index >= 15 is 0 Å². The van der Waals surface area contributed by atoms with E-state index in [-0.39, 0.29) is 18.5 Å². The third-order valence-electron chi connectivity index (χ3n) is 4.28. The summed E-state index contributed by atoms with van der Waals surface area (Å²) in [7, 11) is 0. The van der Waals surface area contributed by atoms with Crippen LogP contribution in [0.25, 0.3) is 0 Å². The van der Waals surface area contributed by atoms with Gasteiger partial charge in [-0.15, -0.1) is 22.7 Å². The molecule has 0 saturated heterocycles. The molecule has 0 unspecified atom stereocenters. The molecule has 2 heterocycles. The first-order valence-corrected chi connectivity index (χ1v) is 11.2. The number of thiazole rings is 2. The maximum atomic E-state index is 12.0. The summed E-state index contributed by atoms with van der Waals surface area (Å²) in [5.41, 5.74) is 7.25. The maximum absolute atomic E-state index is 12.0. The third-order valence-corrected chi connectivity index (χ3v) is 5.55. The molecule has 0 fully saturated rings. The maximum Gasteiger partial charge on any atom is 0.306 e. The van der Waals surface area contributed by atoms with Crippen molar-refractivity contribution in [1.82, 2.24) is 9.97 Å².